The third kappa shape index (κ3) is 3.78. The molecule has 1 heterocycles. The van der Waals surface area contributed by atoms with Gasteiger partial charge in [0.05, 0.1) is 16.8 Å². The van der Waals surface area contributed by atoms with E-state index >= 15 is 0 Å². The minimum atomic E-state index is -0.549. The van der Waals surface area contributed by atoms with Crippen LogP contribution >= 0.6 is 0 Å². The molecule has 0 saturated carbocycles. The molecular weight excluding hydrogens is 320 g/mol. The van der Waals surface area contributed by atoms with Crippen molar-refractivity contribution >= 4 is 17.8 Å². The summed E-state index contributed by atoms with van der Waals surface area (Å²) in [7, 11) is 0. The SMILES string of the molecule is O=C(N/N=C\c1cccn1-c1ccccc1)c1cccc([N+](=O)[O-])c1. The molecule has 2 aromatic carbocycles. The molecule has 3 aromatic rings. The van der Waals surface area contributed by atoms with Gasteiger partial charge in [0.15, 0.2) is 0 Å². The van der Waals surface area contributed by atoms with E-state index in [2.05, 4.69) is 10.5 Å². The summed E-state index contributed by atoms with van der Waals surface area (Å²) in [6.07, 6.45) is 3.40. The fraction of sp³-hybridized carbons (Fsp3) is 0. The van der Waals surface area contributed by atoms with Gasteiger partial charge in [-0.3, -0.25) is 14.9 Å². The molecular formula is C18H14N4O3. The quantitative estimate of drug-likeness (QED) is 0.441. The number of carbonyl (C=O) groups is 1. The smallest absolute Gasteiger partial charge is 0.271 e. The largest absolute Gasteiger partial charge is 0.316 e. The van der Waals surface area contributed by atoms with E-state index in [0.717, 1.165) is 11.4 Å². The van der Waals surface area contributed by atoms with Gasteiger partial charge < -0.3 is 4.57 Å². The van der Waals surface area contributed by atoms with Crippen molar-refractivity contribution in [3.8, 4) is 5.69 Å². The molecule has 0 aliphatic rings. The van der Waals surface area contributed by atoms with Gasteiger partial charge in [0, 0.05) is 29.6 Å². The van der Waals surface area contributed by atoms with Crippen molar-refractivity contribution < 1.29 is 9.72 Å². The number of para-hydroxylation sites is 1. The van der Waals surface area contributed by atoms with Crippen LogP contribution < -0.4 is 5.43 Å². The number of nitro benzene ring substituents is 1. The summed E-state index contributed by atoms with van der Waals surface area (Å²) >= 11 is 0. The van der Waals surface area contributed by atoms with Crippen LogP contribution in [0.2, 0.25) is 0 Å². The lowest BCUT2D eigenvalue weighted by Crippen LogP contribution is -2.18. The summed E-state index contributed by atoms with van der Waals surface area (Å²) in [4.78, 5) is 22.3. The molecule has 0 unspecified atom stereocenters. The Morgan fingerprint density at radius 3 is 2.64 bits per heavy atom. The molecule has 7 heteroatoms. The van der Waals surface area contributed by atoms with Crippen molar-refractivity contribution in [2.75, 3.05) is 0 Å². The van der Waals surface area contributed by atoms with E-state index in [1.54, 1.807) is 0 Å². The van der Waals surface area contributed by atoms with Gasteiger partial charge in [-0.2, -0.15) is 5.10 Å². The maximum absolute atomic E-state index is 12.0. The number of hydrazone groups is 1. The van der Waals surface area contributed by atoms with Crippen LogP contribution in [0.15, 0.2) is 78.0 Å². The van der Waals surface area contributed by atoms with Gasteiger partial charge in [-0.1, -0.05) is 24.3 Å². The molecule has 0 spiro atoms. The van der Waals surface area contributed by atoms with Crippen LogP contribution in [0.1, 0.15) is 16.1 Å². The molecule has 0 saturated heterocycles. The summed E-state index contributed by atoms with van der Waals surface area (Å²) in [6, 6.07) is 18.9. The lowest BCUT2D eigenvalue weighted by atomic mass is 10.2. The number of amides is 1. The second-order valence-electron chi connectivity index (χ2n) is 5.15. The Balaban J connectivity index is 1.72. The van der Waals surface area contributed by atoms with Crippen molar-refractivity contribution in [1.82, 2.24) is 9.99 Å². The average Bonchev–Trinajstić information content (AvgIpc) is 3.11. The number of aromatic nitrogens is 1. The topological polar surface area (TPSA) is 89.5 Å². The molecule has 7 nitrogen and oxygen atoms in total. The van der Waals surface area contributed by atoms with E-state index in [9.17, 15) is 14.9 Å². The Hall–Kier alpha value is -3.74. The highest BCUT2D eigenvalue weighted by atomic mass is 16.6. The van der Waals surface area contributed by atoms with Crippen LogP contribution in [-0.2, 0) is 0 Å². The van der Waals surface area contributed by atoms with Crippen molar-refractivity contribution in [2.45, 2.75) is 0 Å². The summed E-state index contributed by atoms with van der Waals surface area (Å²) in [5, 5.41) is 14.7. The predicted molar refractivity (Wildman–Crippen MR) is 93.9 cm³/mol. The first kappa shape index (κ1) is 16.1. The molecule has 0 bridgehead atoms. The van der Waals surface area contributed by atoms with Crippen molar-refractivity contribution in [3.05, 3.63) is 94.3 Å². The van der Waals surface area contributed by atoms with Gasteiger partial charge in [0.1, 0.15) is 0 Å². The lowest BCUT2D eigenvalue weighted by Gasteiger charge is -2.05. The Bertz CT molecular complexity index is 932. The number of carbonyl (C=O) groups excluding carboxylic acids is 1. The van der Waals surface area contributed by atoms with Gasteiger partial charge in [0.2, 0.25) is 0 Å². The number of non-ortho nitro benzene ring substituents is 1. The van der Waals surface area contributed by atoms with Gasteiger partial charge in [-0.25, -0.2) is 5.43 Å². The van der Waals surface area contributed by atoms with E-state index in [4.69, 9.17) is 0 Å². The number of rotatable bonds is 5. The van der Waals surface area contributed by atoms with E-state index < -0.39 is 10.8 Å². The lowest BCUT2D eigenvalue weighted by molar-refractivity contribution is -0.384. The van der Waals surface area contributed by atoms with Gasteiger partial charge >= 0.3 is 0 Å². The van der Waals surface area contributed by atoms with Crippen LogP contribution in [0.25, 0.3) is 5.69 Å². The first-order valence-corrected chi connectivity index (χ1v) is 7.46. The standard InChI is InChI=1S/C18H14N4O3/c23-18(14-6-4-9-16(12-14)22(24)25)20-19-13-17-10-5-11-21(17)15-7-2-1-3-8-15/h1-13H,(H,20,23)/b19-13-. The number of hydrogen-bond acceptors (Lipinski definition) is 4. The van der Waals surface area contributed by atoms with Gasteiger partial charge in [0.25, 0.3) is 11.6 Å². The predicted octanol–water partition coefficient (Wildman–Crippen LogP) is 3.15. The van der Waals surface area contributed by atoms with Gasteiger partial charge in [-0.15, -0.1) is 0 Å². The maximum atomic E-state index is 12.0. The Labute approximate surface area is 143 Å². The number of nitrogens with zero attached hydrogens (tertiary/aromatic N) is 3. The highest BCUT2D eigenvalue weighted by Gasteiger charge is 2.10. The van der Waals surface area contributed by atoms with Crippen molar-refractivity contribution in [3.63, 3.8) is 0 Å². The zero-order chi connectivity index (χ0) is 17.6. The van der Waals surface area contributed by atoms with E-state index in [0.29, 0.717) is 0 Å². The normalized spacial score (nSPS) is 10.7. The van der Waals surface area contributed by atoms with Crippen LogP contribution in [0.4, 0.5) is 5.69 Å². The number of nitro groups is 1. The monoisotopic (exact) mass is 334 g/mol. The Morgan fingerprint density at radius 2 is 1.88 bits per heavy atom. The number of nitrogens with one attached hydrogen (secondary N) is 1. The second-order valence-corrected chi connectivity index (χ2v) is 5.15. The number of hydrogen-bond donors (Lipinski definition) is 1. The van der Waals surface area contributed by atoms with Crippen molar-refractivity contribution in [1.29, 1.82) is 0 Å². The van der Waals surface area contributed by atoms with Crippen molar-refractivity contribution in [2.24, 2.45) is 5.10 Å². The molecule has 3 rings (SSSR count). The zero-order valence-electron chi connectivity index (χ0n) is 13.1. The molecule has 1 N–H and O–H groups in total. The minimum absolute atomic E-state index is 0.144. The van der Waals surface area contributed by atoms with Crippen LogP contribution in [0, 0.1) is 10.1 Å². The number of benzene rings is 2. The van der Waals surface area contributed by atoms with E-state index in [1.165, 1.54) is 30.5 Å². The third-order valence-corrected chi connectivity index (χ3v) is 3.50. The highest BCUT2D eigenvalue weighted by molar-refractivity contribution is 5.95. The second kappa shape index (κ2) is 7.22. The molecule has 25 heavy (non-hydrogen) atoms. The summed E-state index contributed by atoms with van der Waals surface area (Å²) < 4.78 is 1.92. The first-order chi connectivity index (χ1) is 12.1. The summed E-state index contributed by atoms with van der Waals surface area (Å²) in [5.74, 6) is -0.516. The van der Waals surface area contributed by atoms with Crippen LogP contribution in [-0.4, -0.2) is 21.6 Å². The van der Waals surface area contributed by atoms with E-state index in [-0.39, 0.29) is 11.3 Å². The highest BCUT2D eigenvalue weighted by Crippen LogP contribution is 2.13. The first-order valence-electron chi connectivity index (χ1n) is 7.46. The molecule has 0 radical (unpaired) electrons. The molecule has 1 aromatic heterocycles. The van der Waals surface area contributed by atoms with Crippen LogP contribution in [0.5, 0.6) is 0 Å². The van der Waals surface area contributed by atoms with E-state index in [1.807, 2.05) is 53.2 Å². The zero-order valence-corrected chi connectivity index (χ0v) is 13.1. The Kier molecular flexibility index (Phi) is 4.66. The molecule has 0 aliphatic carbocycles. The molecule has 124 valence electrons. The average molecular weight is 334 g/mol. The fourth-order valence-electron chi connectivity index (χ4n) is 2.31. The Morgan fingerprint density at radius 1 is 1.08 bits per heavy atom. The van der Waals surface area contributed by atoms with Crippen LogP contribution in [0.3, 0.4) is 0 Å². The summed E-state index contributed by atoms with van der Waals surface area (Å²) in [6.45, 7) is 0. The van der Waals surface area contributed by atoms with Gasteiger partial charge in [-0.05, 0) is 30.3 Å². The fourth-order valence-corrected chi connectivity index (χ4v) is 2.31. The molecule has 0 fully saturated rings. The molecule has 0 aliphatic heterocycles. The molecule has 0 atom stereocenters. The maximum Gasteiger partial charge on any atom is 0.271 e. The third-order valence-electron chi connectivity index (χ3n) is 3.50. The summed E-state index contributed by atoms with van der Waals surface area (Å²) in [5.41, 5.74) is 4.16. The minimum Gasteiger partial charge on any atom is -0.316 e. The molecule has 1 amide bonds.